The van der Waals surface area contributed by atoms with Crippen LogP contribution in [0, 0.1) is 5.92 Å². The highest BCUT2D eigenvalue weighted by Crippen LogP contribution is 2.13. The van der Waals surface area contributed by atoms with Crippen LogP contribution in [0.4, 0.5) is 4.79 Å². The van der Waals surface area contributed by atoms with Gasteiger partial charge in [-0.05, 0) is 23.5 Å². The third-order valence-electron chi connectivity index (χ3n) is 5.15. The summed E-state index contributed by atoms with van der Waals surface area (Å²) in [5, 5.41) is 6.85. The molecule has 0 saturated heterocycles. The zero-order valence-corrected chi connectivity index (χ0v) is 18.9. The van der Waals surface area contributed by atoms with E-state index in [0.29, 0.717) is 24.6 Å². The first kappa shape index (κ1) is 24.0. The van der Waals surface area contributed by atoms with Crippen LogP contribution in [0.25, 0.3) is 0 Å². The molecule has 2 atom stereocenters. The van der Waals surface area contributed by atoms with Gasteiger partial charge in [0.15, 0.2) is 5.82 Å². The zero-order valence-electron chi connectivity index (χ0n) is 18.9. The Kier molecular flexibility index (Phi) is 8.99. The van der Waals surface area contributed by atoms with Crippen LogP contribution < -0.4 is 5.32 Å². The predicted octanol–water partition coefficient (Wildman–Crippen LogP) is 3.89. The first-order chi connectivity index (χ1) is 16.0. The maximum Gasteiger partial charge on any atom is 0.407 e. The van der Waals surface area contributed by atoms with Crippen molar-refractivity contribution in [3.8, 4) is 0 Å². The normalized spacial score (nSPS) is 12.5. The minimum Gasteiger partial charge on any atom is -0.464 e. The van der Waals surface area contributed by atoms with Gasteiger partial charge in [0, 0.05) is 19.8 Å². The Morgan fingerprint density at radius 2 is 1.64 bits per heavy atom. The lowest BCUT2D eigenvalue weighted by atomic mass is 9.98. The molecule has 1 N–H and O–H groups in total. The molecular formula is C25H29N3O5. The van der Waals surface area contributed by atoms with E-state index >= 15 is 0 Å². The van der Waals surface area contributed by atoms with Gasteiger partial charge in [-0.25, -0.2) is 4.79 Å². The lowest BCUT2D eigenvalue weighted by Crippen LogP contribution is -2.44. The summed E-state index contributed by atoms with van der Waals surface area (Å²) in [6, 6.07) is 19.0. The van der Waals surface area contributed by atoms with Crippen molar-refractivity contribution in [1.82, 2.24) is 15.5 Å². The van der Waals surface area contributed by atoms with Gasteiger partial charge in [-0.15, -0.1) is 0 Å². The van der Waals surface area contributed by atoms with Gasteiger partial charge in [-0.2, -0.15) is 4.98 Å². The lowest BCUT2D eigenvalue weighted by Gasteiger charge is -2.23. The van der Waals surface area contributed by atoms with Crippen molar-refractivity contribution in [2.75, 3.05) is 6.61 Å². The number of carbonyl (C=O) groups excluding carboxylic acids is 2. The SMILES string of the molecule is CC(=O)OCC(NC(=O)OCc1ccccc1)C(C)Cc1noc(CCc2ccccc2)n1. The predicted molar refractivity (Wildman–Crippen MR) is 121 cm³/mol. The second-order valence-electron chi connectivity index (χ2n) is 7.89. The van der Waals surface area contributed by atoms with Gasteiger partial charge in [-0.3, -0.25) is 4.79 Å². The minimum atomic E-state index is -0.584. The van der Waals surface area contributed by atoms with Gasteiger partial charge in [0.05, 0.1) is 6.04 Å². The monoisotopic (exact) mass is 451 g/mol. The van der Waals surface area contributed by atoms with E-state index in [1.54, 1.807) is 0 Å². The van der Waals surface area contributed by atoms with E-state index in [9.17, 15) is 9.59 Å². The fourth-order valence-electron chi connectivity index (χ4n) is 3.27. The molecule has 33 heavy (non-hydrogen) atoms. The van der Waals surface area contributed by atoms with Crippen LogP contribution in [0.15, 0.2) is 65.2 Å². The molecule has 1 amide bonds. The lowest BCUT2D eigenvalue weighted by molar-refractivity contribution is -0.142. The Bertz CT molecular complexity index is 1010. The van der Waals surface area contributed by atoms with Crippen molar-refractivity contribution in [1.29, 1.82) is 0 Å². The molecule has 0 aliphatic rings. The first-order valence-electron chi connectivity index (χ1n) is 11.0. The number of aromatic nitrogens is 2. The number of esters is 1. The number of aryl methyl sites for hydroxylation is 2. The largest absolute Gasteiger partial charge is 0.464 e. The standard InChI is InChI=1S/C25H29N3O5/c1-18(15-23-27-24(33-28-23)14-13-20-9-5-3-6-10-20)22(17-31-19(2)29)26-25(30)32-16-21-11-7-4-8-12-21/h3-12,18,22H,13-17H2,1-2H3,(H,26,30). The fourth-order valence-corrected chi connectivity index (χ4v) is 3.27. The van der Waals surface area contributed by atoms with Crippen molar-refractivity contribution < 1.29 is 23.6 Å². The van der Waals surface area contributed by atoms with Crippen molar-refractivity contribution >= 4 is 12.1 Å². The van der Waals surface area contributed by atoms with Crippen LogP contribution in [0.1, 0.15) is 36.7 Å². The summed E-state index contributed by atoms with van der Waals surface area (Å²) in [6.45, 7) is 3.42. The number of hydrogen-bond acceptors (Lipinski definition) is 7. The number of alkyl carbamates (subject to hydrolysis) is 1. The Morgan fingerprint density at radius 3 is 2.30 bits per heavy atom. The summed E-state index contributed by atoms with van der Waals surface area (Å²) in [5.41, 5.74) is 2.08. The van der Waals surface area contributed by atoms with Crippen LogP contribution in [-0.4, -0.2) is 34.9 Å². The highest BCUT2D eigenvalue weighted by atomic mass is 16.6. The van der Waals surface area contributed by atoms with E-state index in [1.807, 2.05) is 55.5 Å². The average molecular weight is 452 g/mol. The average Bonchev–Trinajstić information content (AvgIpc) is 3.27. The number of amides is 1. The Balaban J connectivity index is 1.53. The quantitative estimate of drug-likeness (QED) is 0.441. The summed E-state index contributed by atoms with van der Waals surface area (Å²) < 4.78 is 15.8. The van der Waals surface area contributed by atoms with Gasteiger partial charge in [0.2, 0.25) is 5.89 Å². The molecule has 0 radical (unpaired) electrons. The van der Waals surface area contributed by atoms with Crippen LogP contribution in [0.2, 0.25) is 0 Å². The molecular weight excluding hydrogens is 422 g/mol. The summed E-state index contributed by atoms with van der Waals surface area (Å²) in [5.74, 6) is 0.549. The van der Waals surface area contributed by atoms with E-state index in [4.69, 9.17) is 14.0 Å². The number of hydrogen-bond donors (Lipinski definition) is 1. The smallest absolute Gasteiger partial charge is 0.407 e. The number of nitrogens with one attached hydrogen (secondary N) is 1. The molecule has 0 saturated carbocycles. The summed E-state index contributed by atoms with van der Waals surface area (Å²) >= 11 is 0. The number of ether oxygens (including phenoxy) is 2. The highest BCUT2D eigenvalue weighted by Gasteiger charge is 2.24. The van der Waals surface area contributed by atoms with Crippen molar-refractivity contribution in [3.63, 3.8) is 0 Å². The second-order valence-corrected chi connectivity index (χ2v) is 7.89. The third-order valence-corrected chi connectivity index (χ3v) is 5.15. The fraction of sp³-hybridized carbons (Fsp3) is 0.360. The highest BCUT2D eigenvalue weighted by molar-refractivity contribution is 5.68. The summed E-state index contributed by atoms with van der Waals surface area (Å²) in [6.07, 6.45) is 1.31. The minimum absolute atomic E-state index is 0.0235. The van der Waals surface area contributed by atoms with E-state index in [1.165, 1.54) is 12.5 Å². The number of rotatable bonds is 11. The molecule has 3 rings (SSSR count). The molecule has 8 heteroatoms. The molecule has 0 aliphatic carbocycles. The third kappa shape index (κ3) is 8.40. The molecule has 3 aromatic rings. The number of benzene rings is 2. The van der Waals surface area contributed by atoms with E-state index in [2.05, 4.69) is 27.6 Å². The number of carbonyl (C=O) groups is 2. The summed E-state index contributed by atoms with van der Waals surface area (Å²) in [7, 11) is 0. The molecule has 0 spiro atoms. The zero-order chi connectivity index (χ0) is 23.5. The van der Waals surface area contributed by atoms with Crippen molar-refractivity contribution in [2.45, 2.75) is 45.8 Å². The molecule has 1 aromatic heterocycles. The molecule has 0 bridgehead atoms. The van der Waals surface area contributed by atoms with Crippen LogP contribution in [-0.2, 0) is 40.1 Å². The molecule has 2 unspecified atom stereocenters. The van der Waals surface area contributed by atoms with E-state index < -0.39 is 18.1 Å². The first-order valence-corrected chi connectivity index (χ1v) is 11.0. The maximum absolute atomic E-state index is 12.3. The molecule has 0 aliphatic heterocycles. The molecule has 2 aromatic carbocycles. The van der Waals surface area contributed by atoms with Crippen LogP contribution >= 0.6 is 0 Å². The molecule has 174 valence electrons. The van der Waals surface area contributed by atoms with Gasteiger partial charge in [0.25, 0.3) is 0 Å². The van der Waals surface area contributed by atoms with Gasteiger partial charge in [0.1, 0.15) is 13.2 Å². The van der Waals surface area contributed by atoms with Crippen molar-refractivity contribution in [3.05, 3.63) is 83.5 Å². The maximum atomic E-state index is 12.3. The molecule has 1 heterocycles. The van der Waals surface area contributed by atoms with Crippen LogP contribution in [0.3, 0.4) is 0 Å². The Hall–Kier alpha value is -3.68. The van der Waals surface area contributed by atoms with E-state index in [0.717, 1.165) is 12.0 Å². The Morgan fingerprint density at radius 1 is 0.970 bits per heavy atom. The Labute approximate surface area is 193 Å². The van der Waals surface area contributed by atoms with Gasteiger partial charge >= 0.3 is 12.1 Å². The molecule has 0 fully saturated rings. The van der Waals surface area contributed by atoms with Gasteiger partial charge < -0.3 is 19.3 Å². The summed E-state index contributed by atoms with van der Waals surface area (Å²) in [4.78, 5) is 28.1. The van der Waals surface area contributed by atoms with Crippen LogP contribution in [0.5, 0.6) is 0 Å². The second kappa shape index (κ2) is 12.4. The topological polar surface area (TPSA) is 104 Å². The number of nitrogens with zero attached hydrogens (tertiary/aromatic N) is 2. The molecule has 8 nitrogen and oxygen atoms in total. The van der Waals surface area contributed by atoms with E-state index in [-0.39, 0.29) is 19.1 Å². The van der Waals surface area contributed by atoms with Crippen molar-refractivity contribution in [2.24, 2.45) is 5.92 Å². The van der Waals surface area contributed by atoms with Gasteiger partial charge in [-0.1, -0.05) is 72.7 Å².